The van der Waals surface area contributed by atoms with Crippen LogP contribution in [0.2, 0.25) is 0 Å². The van der Waals surface area contributed by atoms with Crippen LogP contribution in [-0.2, 0) is 11.8 Å². The molecule has 0 unspecified atom stereocenters. The summed E-state index contributed by atoms with van der Waals surface area (Å²) in [6.07, 6.45) is 12.0. The first-order chi connectivity index (χ1) is 12.2. The number of rotatable bonds is 5. The van der Waals surface area contributed by atoms with E-state index in [1.54, 1.807) is 12.4 Å². The highest BCUT2D eigenvalue weighted by Crippen LogP contribution is 2.22. The van der Waals surface area contributed by atoms with Crippen molar-refractivity contribution in [3.8, 4) is 11.4 Å². The minimum atomic E-state index is 0.0847. The van der Waals surface area contributed by atoms with E-state index in [4.69, 9.17) is 0 Å². The molecule has 0 spiro atoms. The van der Waals surface area contributed by atoms with Gasteiger partial charge in [0.25, 0.3) is 0 Å². The Morgan fingerprint density at radius 2 is 2.00 bits per heavy atom. The maximum atomic E-state index is 12.3. The van der Waals surface area contributed by atoms with Crippen LogP contribution >= 0.6 is 11.8 Å². The molecule has 0 bridgehead atoms. The second kappa shape index (κ2) is 8.99. The average molecular weight is 359 g/mol. The Bertz CT molecular complexity index is 680. The van der Waals surface area contributed by atoms with Gasteiger partial charge in [-0.3, -0.25) is 9.78 Å². The van der Waals surface area contributed by atoms with Crippen molar-refractivity contribution < 1.29 is 4.79 Å². The van der Waals surface area contributed by atoms with Crippen molar-refractivity contribution in [1.82, 2.24) is 25.1 Å². The summed E-state index contributed by atoms with van der Waals surface area (Å²) in [5.41, 5.74) is 0.920. The molecular weight excluding hydrogens is 334 g/mol. The van der Waals surface area contributed by atoms with Crippen molar-refractivity contribution in [3.63, 3.8) is 0 Å². The number of hydrogen-bond donors (Lipinski definition) is 1. The van der Waals surface area contributed by atoms with Crippen LogP contribution in [0.4, 0.5) is 0 Å². The quantitative estimate of drug-likeness (QED) is 0.830. The summed E-state index contributed by atoms with van der Waals surface area (Å²) in [4.78, 5) is 16.4. The second-order valence-electron chi connectivity index (χ2n) is 6.51. The first kappa shape index (κ1) is 17.9. The van der Waals surface area contributed by atoms with Crippen LogP contribution < -0.4 is 5.32 Å². The Kier molecular flexibility index (Phi) is 6.44. The van der Waals surface area contributed by atoms with Crippen molar-refractivity contribution in [2.24, 2.45) is 7.05 Å². The van der Waals surface area contributed by atoms with Crippen molar-refractivity contribution in [2.75, 3.05) is 5.75 Å². The molecule has 0 aliphatic heterocycles. The summed E-state index contributed by atoms with van der Waals surface area (Å²) >= 11 is 1.43. The molecule has 1 N–H and O–H groups in total. The molecule has 1 fully saturated rings. The summed E-state index contributed by atoms with van der Waals surface area (Å²) in [6.45, 7) is 0. The Morgan fingerprint density at radius 3 is 2.72 bits per heavy atom. The highest BCUT2D eigenvalue weighted by molar-refractivity contribution is 7.99. The van der Waals surface area contributed by atoms with E-state index in [-0.39, 0.29) is 5.91 Å². The third-order valence-electron chi connectivity index (χ3n) is 4.56. The number of nitrogens with one attached hydrogen (secondary N) is 1. The van der Waals surface area contributed by atoms with Crippen LogP contribution in [-0.4, -0.2) is 37.5 Å². The fraction of sp³-hybridized carbons (Fsp3) is 0.556. The minimum absolute atomic E-state index is 0.0847. The van der Waals surface area contributed by atoms with Gasteiger partial charge >= 0.3 is 0 Å². The number of aromatic nitrogens is 4. The molecule has 0 atom stereocenters. The normalized spacial score (nSPS) is 16.2. The number of carbonyl (C=O) groups is 1. The SMILES string of the molecule is Cn1c(SCC(=O)NC2CCCCCCC2)nnc1-c1cccnc1. The third kappa shape index (κ3) is 5.04. The summed E-state index contributed by atoms with van der Waals surface area (Å²) in [5.74, 6) is 1.22. The molecule has 134 valence electrons. The van der Waals surface area contributed by atoms with E-state index in [9.17, 15) is 4.79 Å². The van der Waals surface area contributed by atoms with Gasteiger partial charge in [-0.2, -0.15) is 0 Å². The first-order valence-electron chi connectivity index (χ1n) is 8.96. The molecule has 1 amide bonds. The number of hydrogen-bond acceptors (Lipinski definition) is 5. The third-order valence-corrected chi connectivity index (χ3v) is 5.58. The minimum Gasteiger partial charge on any atom is -0.353 e. The van der Waals surface area contributed by atoms with E-state index in [1.165, 1.54) is 43.9 Å². The van der Waals surface area contributed by atoms with Gasteiger partial charge in [-0.25, -0.2) is 0 Å². The number of pyridine rings is 1. The van der Waals surface area contributed by atoms with Gasteiger partial charge in [0.2, 0.25) is 5.91 Å². The molecule has 0 saturated heterocycles. The van der Waals surface area contributed by atoms with E-state index in [0.717, 1.165) is 29.4 Å². The van der Waals surface area contributed by atoms with E-state index >= 15 is 0 Å². The molecule has 6 nitrogen and oxygen atoms in total. The molecule has 1 aliphatic carbocycles. The number of amides is 1. The van der Waals surface area contributed by atoms with Crippen LogP contribution in [0.3, 0.4) is 0 Å². The Morgan fingerprint density at radius 1 is 1.24 bits per heavy atom. The maximum absolute atomic E-state index is 12.3. The first-order valence-corrected chi connectivity index (χ1v) is 9.94. The molecule has 0 aromatic carbocycles. The van der Waals surface area contributed by atoms with Crippen LogP contribution in [0.5, 0.6) is 0 Å². The van der Waals surface area contributed by atoms with E-state index in [0.29, 0.717) is 11.8 Å². The van der Waals surface area contributed by atoms with Gasteiger partial charge in [0, 0.05) is 31.0 Å². The zero-order valence-electron chi connectivity index (χ0n) is 14.6. The molecule has 2 aromatic heterocycles. The Hall–Kier alpha value is -1.89. The average Bonchev–Trinajstić information content (AvgIpc) is 2.97. The zero-order chi connectivity index (χ0) is 17.5. The van der Waals surface area contributed by atoms with Gasteiger partial charge < -0.3 is 9.88 Å². The second-order valence-corrected chi connectivity index (χ2v) is 7.45. The number of thioether (sulfide) groups is 1. The highest BCUT2D eigenvalue weighted by Gasteiger charge is 2.16. The van der Waals surface area contributed by atoms with Crippen LogP contribution in [0.1, 0.15) is 44.9 Å². The molecule has 25 heavy (non-hydrogen) atoms. The molecule has 0 radical (unpaired) electrons. The number of carbonyl (C=O) groups excluding carboxylic acids is 1. The van der Waals surface area contributed by atoms with Crippen molar-refractivity contribution >= 4 is 17.7 Å². The van der Waals surface area contributed by atoms with Crippen molar-refractivity contribution in [1.29, 1.82) is 0 Å². The van der Waals surface area contributed by atoms with Crippen molar-refractivity contribution in [3.05, 3.63) is 24.5 Å². The standard InChI is InChI=1S/C18H25N5OS/c1-23-17(14-8-7-11-19-12-14)21-22-18(23)25-13-16(24)20-15-9-5-3-2-4-6-10-15/h7-8,11-12,15H,2-6,9-10,13H2,1H3,(H,20,24). The number of nitrogens with zero attached hydrogens (tertiary/aromatic N) is 4. The fourth-order valence-corrected chi connectivity index (χ4v) is 3.91. The van der Waals surface area contributed by atoms with Crippen LogP contribution in [0.15, 0.2) is 29.7 Å². The molecule has 3 rings (SSSR count). The lowest BCUT2D eigenvalue weighted by Crippen LogP contribution is -2.36. The topological polar surface area (TPSA) is 72.7 Å². The highest BCUT2D eigenvalue weighted by atomic mass is 32.2. The lowest BCUT2D eigenvalue weighted by molar-refractivity contribution is -0.119. The van der Waals surface area contributed by atoms with Gasteiger partial charge in [-0.15, -0.1) is 10.2 Å². The van der Waals surface area contributed by atoms with Gasteiger partial charge in [0.15, 0.2) is 11.0 Å². The van der Waals surface area contributed by atoms with E-state index < -0.39 is 0 Å². The van der Waals surface area contributed by atoms with Gasteiger partial charge in [-0.1, -0.05) is 43.9 Å². The summed E-state index contributed by atoms with van der Waals surface area (Å²) in [5, 5.41) is 12.4. The summed E-state index contributed by atoms with van der Waals surface area (Å²) in [6, 6.07) is 4.16. The van der Waals surface area contributed by atoms with Gasteiger partial charge in [-0.05, 0) is 25.0 Å². The van der Waals surface area contributed by atoms with Crippen LogP contribution in [0, 0.1) is 0 Å². The molecule has 1 saturated carbocycles. The van der Waals surface area contributed by atoms with Gasteiger partial charge in [0.05, 0.1) is 5.75 Å². The van der Waals surface area contributed by atoms with Crippen molar-refractivity contribution in [2.45, 2.75) is 56.1 Å². The van der Waals surface area contributed by atoms with E-state index in [2.05, 4.69) is 20.5 Å². The zero-order valence-corrected chi connectivity index (χ0v) is 15.5. The monoisotopic (exact) mass is 359 g/mol. The Labute approximate surface area is 152 Å². The molecule has 2 aromatic rings. The molecule has 7 heteroatoms. The lowest BCUT2D eigenvalue weighted by atomic mass is 9.97. The van der Waals surface area contributed by atoms with Gasteiger partial charge in [0.1, 0.15) is 0 Å². The molecule has 2 heterocycles. The predicted molar refractivity (Wildman–Crippen MR) is 99.2 cm³/mol. The smallest absolute Gasteiger partial charge is 0.230 e. The maximum Gasteiger partial charge on any atom is 0.230 e. The molecular formula is C18H25N5OS. The lowest BCUT2D eigenvalue weighted by Gasteiger charge is -2.20. The summed E-state index contributed by atoms with van der Waals surface area (Å²) in [7, 11) is 1.91. The summed E-state index contributed by atoms with van der Waals surface area (Å²) < 4.78 is 1.91. The fourth-order valence-electron chi connectivity index (χ4n) is 3.19. The largest absolute Gasteiger partial charge is 0.353 e. The predicted octanol–water partition coefficient (Wildman–Crippen LogP) is 3.20. The van der Waals surface area contributed by atoms with E-state index in [1.807, 2.05) is 23.7 Å². The Balaban J connectivity index is 1.53. The molecule has 1 aliphatic rings. The van der Waals surface area contributed by atoms with Crippen LogP contribution in [0.25, 0.3) is 11.4 Å².